The predicted molar refractivity (Wildman–Crippen MR) is 73.6 cm³/mol. The molecule has 17 heavy (non-hydrogen) atoms. The number of carbonyl (C=O) groups excluding carboxylic acids is 2. The molecule has 96 valence electrons. The first-order chi connectivity index (χ1) is 8.11. The van der Waals surface area contributed by atoms with Crippen LogP contribution < -0.4 is 10.6 Å². The Morgan fingerprint density at radius 3 is 2.94 bits per heavy atom. The van der Waals surface area contributed by atoms with Crippen molar-refractivity contribution < 1.29 is 9.59 Å². The van der Waals surface area contributed by atoms with Crippen LogP contribution >= 0.6 is 23.5 Å². The van der Waals surface area contributed by atoms with Crippen LogP contribution in [0, 0.1) is 0 Å². The van der Waals surface area contributed by atoms with E-state index < -0.39 is 6.03 Å². The maximum absolute atomic E-state index is 11.4. The zero-order valence-electron chi connectivity index (χ0n) is 9.99. The Labute approximate surface area is 110 Å². The zero-order valence-corrected chi connectivity index (χ0v) is 11.6. The Bertz CT molecular complexity index is 321. The van der Waals surface area contributed by atoms with Crippen molar-refractivity contribution in [2.45, 2.75) is 26.3 Å². The number of aliphatic imine (C=N–C) groups is 1. The Morgan fingerprint density at radius 2 is 2.35 bits per heavy atom. The third-order valence-corrected chi connectivity index (χ3v) is 4.38. The number of thioether (sulfide) groups is 2. The van der Waals surface area contributed by atoms with Gasteiger partial charge in [-0.25, -0.2) is 4.79 Å². The molecule has 0 unspecified atom stereocenters. The van der Waals surface area contributed by atoms with E-state index in [2.05, 4.69) is 15.6 Å². The van der Waals surface area contributed by atoms with Gasteiger partial charge in [-0.3, -0.25) is 15.1 Å². The topological polar surface area (TPSA) is 70.6 Å². The molecular formula is C10H17N3O2S2. The summed E-state index contributed by atoms with van der Waals surface area (Å²) in [4.78, 5) is 27.0. The first kappa shape index (κ1) is 14.4. The lowest BCUT2D eigenvalue weighted by Crippen LogP contribution is -2.43. The molecule has 1 heterocycles. The van der Waals surface area contributed by atoms with Crippen molar-refractivity contribution in [3.8, 4) is 0 Å². The van der Waals surface area contributed by atoms with Gasteiger partial charge < -0.3 is 5.32 Å². The molecule has 0 spiro atoms. The molecule has 0 aromatic carbocycles. The number of nitrogens with zero attached hydrogens (tertiary/aromatic N) is 1. The van der Waals surface area contributed by atoms with Crippen LogP contribution in [0.2, 0.25) is 0 Å². The molecule has 1 aliphatic rings. The lowest BCUT2D eigenvalue weighted by Gasteiger charge is -2.11. The van der Waals surface area contributed by atoms with Crippen LogP contribution in [0.4, 0.5) is 4.79 Å². The SMILES string of the molecule is CC[C@H](C)NC(=O)NC(=O)CSC1=NCCS1. The molecule has 1 atom stereocenters. The van der Waals surface area contributed by atoms with Crippen LogP contribution in [0.3, 0.4) is 0 Å². The summed E-state index contributed by atoms with van der Waals surface area (Å²) in [5, 5.41) is 4.97. The summed E-state index contributed by atoms with van der Waals surface area (Å²) in [6, 6.07) is -0.351. The normalized spacial score (nSPS) is 16.2. The van der Waals surface area contributed by atoms with Gasteiger partial charge in [0.1, 0.15) is 4.38 Å². The van der Waals surface area contributed by atoms with Crippen molar-refractivity contribution in [3.63, 3.8) is 0 Å². The monoisotopic (exact) mass is 275 g/mol. The van der Waals surface area contributed by atoms with Crippen molar-refractivity contribution in [2.75, 3.05) is 18.1 Å². The summed E-state index contributed by atoms with van der Waals surface area (Å²) in [5.41, 5.74) is 0. The molecule has 7 heteroatoms. The minimum atomic E-state index is -0.425. The highest BCUT2D eigenvalue weighted by molar-refractivity contribution is 8.39. The molecule has 0 aromatic heterocycles. The zero-order chi connectivity index (χ0) is 12.7. The first-order valence-corrected chi connectivity index (χ1v) is 7.49. The minimum absolute atomic E-state index is 0.0743. The van der Waals surface area contributed by atoms with Gasteiger partial charge in [-0.1, -0.05) is 30.4 Å². The van der Waals surface area contributed by atoms with Crippen LogP contribution in [-0.4, -0.2) is 40.4 Å². The van der Waals surface area contributed by atoms with E-state index >= 15 is 0 Å². The van der Waals surface area contributed by atoms with Crippen LogP contribution in [0.5, 0.6) is 0 Å². The molecule has 1 aliphatic heterocycles. The number of urea groups is 1. The Hall–Kier alpha value is -0.690. The highest BCUT2D eigenvalue weighted by Gasteiger charge is 2.13. The molecule has 0 fully saturated rings. The number of rotatable bonds is 4. The number of imide groups is 1. The lowest BCUT2D eigenvalue weighted by atomic mass is 10.3. The van der Waals surface area contributed by atoms with Gasteiger partial charge >= 0.3 is 6.03 Å². The van der Waals surface area contributed by atoms with Crippen molar-refractivity contribution in [1.82, 2.24) is 10.6 Å². The molecule has 0 saturated carbocycles. The van der Waals surface area contributed by atoms with Crippen LogP contribution in [0.15, 0.2) is 4.99 Å². The number of hydrogen-bond donors (Lipinski definition) is 2. The van der Waals surface area contributed by atoms with E-state index in [1.807, 2.05) is 13.8 Å². The van der Waals surface area contributed by atoms with Gasteiger partial charge in [0.05, 0.1) is 12.3 Å². The smallest absolute Gasteiger partial charge is 0.321 e. The average Bonchev–Trinajstić information content (AvgIpc) is 2.78. The Kier molecular flexibility index (Phi) is 6.43. The van der Waals surface area contributed by atoms with E-state index in [0.29, 0.717) is 0 Å². The van der Waals surface area contributed by atoms with Crippen molar-refractivity contribution in [1.29, 1.82) is 0 Å². The van der Waals surface area contributed by atoms with Gasteiger partial charge in [0.2, 0.25) is 5.91 Å². The Balaban J connectivity index is 2.17. The summed E-state index contributed by atoms with van der Waals surface area (Å²) < 4.78 is 0.933. The molecule has 0 saturated heterocycles. The van der Waals surface area contributed by atoms with Crippen LogP contribution in [0.25, 0.3) is 0 Å². The van der Waals surface area contributed by atoms with Crippen LogP contribution in [0.1, 0.15) is 20.3 Å². The van der Waals surface area contributed by atoms with Gasteiger partial charge in [0.25, 0.3) is 0 Å². The minimum Gasteiger partial charge on any atom is -0.335 e. The first-order valence-electron chi connectivity index (χ1n) is 5.52. The fourth-order valence-corrected chi connectivity index (χ4v) is 2.86. The average molecular weight is 275 g/mol. The predicted octanol–water partition coefficient (Wildman–Crippen LogP) is 1.45. The maximum Gasteiger partial charge on any atom is 0.321 e. The quantitative estimate of drug-likeness (QED) is 0.814. The van der Waals surface area contributed by atoms with E-state index in [1.165, 1.54) is 11.8 Å². The molecule has 2 N–H and O–H groups in total. The van der Waals surface area contributed by atoms with Crippen LogP contribution in [-0.2, 0) is 4.79 Å². The van der Waals surface area contributed by atoms with Crippen molar-refractivity contribution in [2.24, 2.45) is 4.99 Å². The summed E-state index contributed by atoms with van der Waals surface area (Å²) >= 11 is 3.03. The van der Waals surface area contributed by atoms with E-state index in [0.717, 1.165) is 23.1 Å². The van der Waals surface area contributed by atoms with Crippen molar-refractivity contribution >= 4 is 39.8 Å². The second kappa shape index (κ2) is 7.60. The molecule has 1 rings (SSSR count). The maximum atomic E-state index is 11.4. The van der Waals surface area contributed by atoms with Gasteiger partial charge in [-0.15, -0.1) is 0 Å². The van der Waals surface area contributed by atoms with Crippen molar-refractivity contribution in [3.05, 3.63) is 0 Å². The lowest BCUT2D eigenvalue weighted by molar-refractivity contribution is -0.117. The molecule has 5 nitrogen and oxygen atoms in total. The van der Waals surface area contributed by atoms with Gasteiger partial charge in [-0.05, 0) is 13.3 Å². The molecule has 0 radical (unpaired) electrons. The summed E-state index contributed by atoms with van der Waals surface area (Å²) in [6.07, 6.45) is 0.837. The molecule has 3 amide bonds. The third kappa shape index (κ3) is 5.97. The number of nitrogens with one attached hydrogen (secondary N) is 2. The molecule has 0 bridgehead atoms. The second-order valence-electron chi connectivity index (χ2n) is 3.62. The van der Waals surface area contributed by atoms with Gasteiger partial charge in [0.15, 0.2) is 0 Å². The highest BCUT2D eigenvalue weighted by Crippen LogP contribution is 2.21. The van der Waals surface area contributed by atoms with E-state index in [4.69, 9.17) is 0 Å². The molecule has 0 aliphatic carbocycles. The standard InChI is InChI=1S/C10H17N3O2S2/c1-3-7(2)12-9(15)13-8(14)6-17-10-11-4-5-16-10/h7H,3-6H2,1-2H3,(H2,12,13,14,15)/t7-/m0/s1. The molecular weight excluding hydrogens is 258 g/mol. The fraction of sp³-hybridized carbons (Fsp3) is 0.700. The Morgan fingerprint density at radius 1 is 1.59 bits per heavy atom. The van der Waals surface area contributed by atoms with Gasteiger partial charge in [0, 0.05) is 11.8 Å². The number of amides is 3. The summed E-state index contributed by atoms with van der Waals surface area (Å²) in [7, 11) is 0. The summed E-state index contributed by atoms with van der Waals surface area (Å²) in [5.74, 6) is 0.934. The van der Waals surface area contributed by atoms with E-state index in [9.17, 15) is 9.59 Å². The molecule has 0 aromatic rings. The second-order valence-corrected chi connectivity index (χ2v) is 5.92. The summed E-state index contributed by atoms with van der Waals surface area (Å²) in [6.45, 7) is 4.68. The number of carbonyl (C=O) groups is 2. The van der Waals surface area contributed by atoms with E-state index in [1.54, 1.807) is 11.8 Å². The van der Waals surface area contributed by atoms with Gasteiger partial charge in [-0.2, -0.15) is 0 Å². The largest absolute Gasteiger partial charge is 0.335 e. The van der Waals surface area contributed by atoms with E-state index in [-0.39, 0.29) is 17.7 Å². The highest BCUT2D eigenvalue weighted by atomic mass is 32.2. The fourth-order valence-electron chi connectivity index (χ4n) is 1.05. The third-order valence-electron chi connectivity index (χ3n) is 2.13. The number of hydrogen-bond acceptors (Lipinski definition) is 5.